The van der Waals surface area contributed by atoms with Crippen molar-refractivity contribution in [2.24, 2.45) is 0 Å². The molecule has 0 bridgehead atoms. The van der Waals surface area contributed by atoms with Crippen LogP contribution >= 0.6 is 34.2 Å². The lowest BCUT2D eigenvalue weighted by Gasteiger charge is -2.35. The second-order valence-electron chi connectivity index (χ2n) is 5.17. The van der Waals surface area contributed by atoms with E-state index in [4.69, 9.17) is 11.6 Å². The number of nitrogens with zero attached hydrogens (tertiary/aromatic N) is 1. The summed E-state index contributed by atoms with van der Waals surface area (Å²) < 4.78 is 1.20. The van der Waals surface area contributed by atoms with Crippen molar-refractivity contribution in [2.45, 2.75) is 38.8 Å². The molecule has 0 radical (unpaired) electrons. The van der Waals surface area contributed by atoms with Gasteiger partial charge in [0.1, 0.15) is 0 Å². The monoisotopic (exact) mass is 378 g/mol. The van der Waals surface area contributed by atoms with Gasteiger partial charge in [0.25, 0.3) is 0 Å². The standard InChI is InChI=1S/C14H20ClIN2/c1-10(2)18-7-5-12(6-8-18)17-14-4-3-11(15)9-13(14)16/h3-4,9-10,12,17H,5-8H2,1-2H3. The smallest absolute Gasteiger partial charge is 0.0479 e. The first-order chi connectivity index (χ1) is 8.56. The van der Waals surface area contributed by atoms with E-state index in [0.717, 1.165) is 5.02 Å². The van der Waals surface area contributed by atoms with Crippen molar-refractivity contribution < 1.29 is 0 Å². The molecule has 2 nitrogen and oxygen atoms in total. The van der Waals surface area contributed by atoms with Crippen LogP contribution in [-0.4, -0.2) is 30.1 Å². The predicted octanol–water partition coefficient (Wildman–Crippen LogP) is 4.23. The van der Waals surface area contributed by atoms with Gasteiger partial charge in [-0.2, -0.15) is 0 Å². The van der Waals surface area contributed by atoms with Crippen LogP contribution in [0.5, 0.6) is 0 Å². The zero-order valence-electron chi connectivity index (χ0n) is 10.9. The largest absolute Gasteiger partial charge is 0.381 e. The van der Waals surface area contributed by atoms with Crippen LogP contribution in [0.25, 0.3) is 0 Å². The van der Waals surface area contributed by atoms with Crippen molar-refractivity contribution in [1.82, 2.24) is 4.90 Å². The summed E-state index contributed by atoms with van der Waals surface area (Å²) in [6.07, 6.45) is 2.44. The van der Waals surface area contributed by atoms with Gasteiger partial charge in [0.05, 0.1) is 0 Å². The molecule has 1 aromatic rings. The number of anilines is 1. The van der Waals surface area contributed by atoms with E-state index in [1.807, 2.05) is 12.1 Å². The van der Waals surface area contributed by atoms with Gasteiger partial charge in [-0.1, -0.05) is 11.6 Å². The van der Waals surface area contributed by atoms with E-state index in [2.05, 4.69) is 52.7 Å². The Morgan fingerprint density at radius 3 is 2.56 bits per heavy atom. The van der Waals surface area contributed by atoms with Gasteiger partial charge in [0, 0.05) is 39.5 Å². The summed E-state index contributed by atoms with van der Waals surface area (Å²) in [6.45, 7) is 6.94. The van der Waals surface area contributed by atoms with E-state index in [1.165, 1.54) is 35.2 Å². The Hall–Kier alpha value is -0.000000000000000111. The van der Waals surface area contributed by atoms with Crippen molar-refractivity contribution in [3.05, 3.63) is 26.8 Å². The molecule has 0 spiro atoms. The van der Waals surface area contributed by atoms with Gasteiger partial charge in [-0.15, -0.1) is 0 Å². The first-order valence-electron chi connectivity index (χ1n) is 6.52. The number of benzene rings is 1. The van der Waals surface area contributed by atoms with E-state index in [-0.39, 0.29) is 0 Å². The van der Waals surface area contributed by atoms with Crippen LogP contribution in [0.1, 0.15) is 26.7 Å². The first-order valence-corrected chi connectivity index (χ1v) is 7.97. The number of rotatable bonds is 3. The minimum absolute atomic E-state index is 0.592. The molecular formula is C14H20ClIN2. The molecule has 0 aromatic heterocycles. The maximum absolute atomic E-state index is 5.97. The number of piperidine rings is 1. The van der Waals surface area contributed by atoms with Gasteiger partial charge in [-0.3, -0.25) is 0 Å². The molecule has 2 rings (SSSR count). The number of nitrogens with one attached hydrogen (secondary N) is 1. The van der Waals surface area contributed by atoms with E-state index in [9.17, 15) is 0 Å². The van der Waals surface area contributed by atoms with Crippen LogP contribution in [-0.2, 0) is 0 Å². The van der Waals surface area contributed by atoms with Crippen molar-refractivity contribution in [3.63, 3.8) is 0 Å². The lowest BCUT2D eigenvalue weighted by atomic mass is 10.0. The second kappa shape index (κ2) is 6.44. The fourth-order valence-corrected chi connectivity index (χ4v) is 3.41. The molecular weight excluding hydrogens is 359 g/mol. The van der Waals surface area contributed by atoms with Crippen molar-refractivity contribution in [3.8, 4) is 0 Å². The highest BCUT2D eigenvalue weighted by Gasteiger charge is 2.20. The maximum atomic E-state index is 5.97. The predicted molar refractivity (Wildman–Crippen MR) is 87.5 cm³/mol. The molecule has 0 saturated carbocycles. The summed E-state index contributed by atoms with van der Waals surface area (Å²) >= 11 is 8.31. The molecule has 0 aliphatic carbocycles. The van der Waals surface area contributed by atoms with Crippen LogP contribution in [0.15, 0.2) is 18.2 Å². The third-order valence-corrected chi connectivity index (χ3v) is 4.68. The number of hydrogen-bond donors (Lipinski definition) is 1. The van der Waals surface area contributed by atoms with Gasteiger partial charge >= 0.3 is 0 Å². The highest BCUT2D eigenvalue weighted by atomic mass is 127. The third-order valence-electron chi connectivity index (χ3n) is 3.55. The lowest BCUT2D eigenvalue weighted by Crippen LogP contribution is -2.42. The highest BCUT2D eigenvalue weighted by Crippen LogP contribution is 2.25. The SMILES string of the molecule is CC(C)N1CCC(Nc2ccc(Cl)cc2I)CC1. The summed E-state index contributed by atoms with van der Waals surface area (Å²) in [5.74, 6) is 0. The summed E-state index contributed by atoms with van der Waals surface area (Å²) in [7, 11) is 0. The van der Waals surface area contributed by atoms with Crippen molar-refractivity contribution in [1.29, 1.82) is 0 Å². The minimum atomic E-state index is 0.592. The molecule has 0 atom stereocenters. The van der Waals surface area contributed by atoms with Crippen LogP contribution in [0, 0.1) is 3.57 Å². The van der Waals surface area contributed by atoms with Crippen LogP contribution < -0.4 is 5.32 Å². The molecule has 1 aliphatic heterocycles. The fraction of sp³-hybridized carbons (Fsp3) is 0.571. The molecule has 1 aromatic carbocycles. The average Bonchev–Trinajstić information content (AvgIpc) is 2.33. The van der Waals surface area contributed by atoms with Crippen LogP contribution in [0.2, 0.25) is 5.02 Å². The maximum Gasteiger partial charge on any atom is 0.0479 e. The molecule has 18 heavy (non-hydrogen) atoms. The lowest BCUT2D eigenvalue weighted by molar-refractivity contribution is 0.177. The zero-order valence-corrected chi connectivity index (χ0v) is 13.8. The normalized spacial score (nSPS) is 18.3. The average molecular weight is 379 g/mol. The topological polar surface area (TPSA) is 15.3 Å². The zero-order chi connectivity index (χ0) is 13.1. The Balaban J connectivity index is 1.91. The van der Waals surface area contributed by atoms with Gasteiger partial charge < -0.3 is 10.2 Å². The van der Waals surface area contributed by atoms with Gasteiger partial charge in [-0.25, -0.2) is 0 Å². The number of likely N-dealkylation sites (tertiary alicyclic amines) is 1. The summed E-state index contributed by atoms with van der Waals surface area (Å²) in [5.41, 5.74) is 1.21. The Labute approximate surface area is 128 Å². The van der Waals surface area contributed by atoms with E-state index < -0.39 is 0 Å². The number of hydrogen-bond acceptors (Lipinski definition) is 2. The van der Waals surface area contributed by atoms with Gasteiger partial charge in [0.2, 0.25) is 0 Å². The molecule has 4 heteroatoms. The van der Waals surface area contributed by atoms with E-state index in [1.54, 1.807) is 0 Å². The van der Waals surface area contributed by atoms with Gasteiger partial charge in [-0.05, 0) is 67.5 Å². The van der Waals surface area contributed by atoms with Gasteiger partial charge in [0.15, 0.2) is 0 Å². The third kappa shape index (κ3) is 3.75. The molecule has 1 heterocycles. The van der Waals surface area contributed by atoms with E-state index in [0.29, 0.717) is 12.1 Å². The van der Waals surface area contributed by atoms with Crippen LogP contribution in [0.4, 0.5) is 5.69 Å². The summed E-state index contributed by atoms with van der Waals surface area (Å²) in [4.78, 5) is 2.55. The molecule has 0 unspecified atom stereocenters. The summed E-state index contributed by atoms with van der Waals surface area (Å²) in [6, 6.07) is 7.30. The quantitative estimate of drug-likeness (QED) is 0.792. The first kappa shape index (κ1) is 14.4. The van der Waals surface area contributed by atoms with E-state index >= 15 is 0 Å². The Morgan fingerprint density at radius 2 is 2.00 bits per heavy atom. The van der Waals surface area contributed by atoms with Crippen LogP contribution in [0.3, 0.4) is 0 Å². The molecule has 1 saturated heterocycles. The summed E-state index contributed by atoms with van der Waals surface area (Å²) in [5, 5.41) is 4.45. The van der Waals surface area contributed by atoms with Crippen molar-refractivity contribution in [2.75, 3.05) is 18.4 Å². The Morgan fingerprint density at radius 1 is 1.33 bits per heavy atom. The Kier molecular flexibility index (Phi) is 5.15. The molecule has 100 valence electrons. The molecule has 0 amide bonds. The highest BCUT2D eigenvalue weighted by molar-refractivity contribution is 14.1. The molecule has 1 fully saturated rings. The second-order valence-corrected chi connectivity index (χ2v) is 6.77. The minimum Gasteiger partial charge on any atom is -0.381 e. The van der Waals surface area contributed by atoms with Crippen molar-refractivity contribution >= 4 is 39.9 Å². The Bertz CT molecular complexity index is 401. The molecule has 1 N–H and O–H groups in total. The molecule has 1 aliphatic rings. The number of halogens is 2. The fourth-order valence-electron chi connectivity index (χ4n) is 2.39.